The number of nitrogens with zero attached hydrogens (tertiary/aromatic N) is 2. The Balaban J connectivity index is 2.27. The van der Waals surface area contributed by atoms with Gasteiger partial charge < -0.3 is 9.88 Å². The second-order valence-corrected chi connectivity index (χ2v) is 6.30. The van der Waals surface area contributed by atoms with Gasteiger partial charge in [0.15, 0.2) is 0 Å². The number of aryl methyl sites for hydroxylation is 1. The quantitative estimate of drug-likeness (QED) is 0.772. The summed E-state index contributed by atoms with van der Waals surface area (Å²) in [6, 6.07) is 6.13. The summed E-state index contributed by atoms with van der Waals surface area (Å²) in [6.07, 6.45) is 5.83. The summed E-state index contributed by atoms with van der Waals surface area (Å²) in [6.45, 7) is 6.21. The molecule has 2 aromatic rings. The molecule has 0 saturated heterocycles. The average Bonchev–Trinajstić information content (AvgIpc) is 2.93. The summed E-state index contributed by atoms with van der Waals surface area (Å²) < 4.78 is 3.26. The average molecular weight is 371 g/mol. The third-order valence-corrected chi connectivity index (χ3v) is 4.46. The number of halogens is 2. The second kappa shape index (κ2) is 7.97. The first-order valence-electron chi connectivity index (χ1n) is 7.34. The fraction of sp³-hybridized carbons (Fsp3) is 0.438. The van der Waals surface area contributed by atoms with E-state index in [1.807, 2.05) is 30.6 Å². The number of hydrogen-bond donors (Lipinski definition) is 1. The minimum absolute atomic E-state index is 0.200. The van der Waals surface area contributed by atoms with Gasteiger partial charge in [-0.2, -0.15) is 0 Å². The van der Waals surface area contributed by atoms with Gasteiger partial charge in [0.2, 0.25) is 0 Å². The molecule has 0 amide bonds. The number of benzene rings is 1. The predicted octanol–water partition coefficient (Wildman–Crippen LogP) is 4.60. The lowest BCUT2D eigenvalue weighted by Crippen LogP contribution is -2.25. The summed E-state index contributed by atoms with van der Waals surface area (Å²) in [5.41, 5.74) is 1.18. The topological polar surface area (TPSA) is 29.9 Å². The van der Waals surface area contributed by atoms with Crippen LogP contribution in [-0.2, 0) is 13.0 Å². The lowest BCUT2D eigenvalue weighted by atomic mass is 10.0. The first kappa shape index (κ1) is 16.5. The molecule has 3 nitrogen and oxygen atoms in total. The van der Waals surface area contributed by atoms with Gasteiger partial charge in [0, 0.05) is 40.9 Å². The first-order chi connectivity index (χ1) is 10.2. The molecule has 21 heavy (non-hydrogen) atoms. The minimum Gasteiger partial charge on any atom is -0.335 e. The molecule has 1 heterocycles. The van der Waals surface area contributed by atoms with Crippen LogP contribution in [0.2, 0.25) is 5.02 Å². The molecule has 0 aliphatic carbocycles. The lowest BCUT2D eigenvalue weighted by molar-refractivity contribution is 0.505. The van der Waals surface area contributed by atoms with E-state index < -0.39 is 0 Å². The van der Waals surface area contributed by atoms with Crippen LogP contribution in [0.5, 0.6) is 0 Å². The molecule has 1 aromatic carbocycles. The summed E-state index contributed by atoms with van der Waals surface area (Å²) in [4.78, 5) is 4.49. The standard InChI is InChI=1S/C16H21BrClN3/c1-3-7-19-15(11-16-20-8-9-21(16)4-2)13-10-12(18)5-6-14(13)17/h5-6,8-10,15,19H,3-4,7,11H2,1-2H3. The van der Waals surface area contributed by atoms with Crippen molar-refractivity contribution in [2.75, 3.05) is 6.54 Å². The monoisotopic (exact) mass is 369 g/mol. The Morgan fingerprint density at radius 3 is 2.90 bits per heavy atom. The predicted molar refractivity (Wildman–Crippen MR) is 91.8 cm³/mol. The zero-order valence-electron chi connectivity index (χ0n) is 12.4. The highest BCUT2D eigenvalue weighted by atomic mass is 79.9. The van der Waals surface area contributed by atoms with Crippen molar-refractivity contribution >= 4 is 27.5 Å². The third-order valence-electron chi connectivity index (χ3n) is 3.50. The van der Waals surface area contributed by atoms with Gasteiger partial charge in [0.05, 0.1) is 0 Å². The first-order valence-corrected chi connectivity index (χ1v) is 8.51. The smallest absolute Gasteiger partial charge is 0.110 e. The molecule has 1 unspecified atom stereocenters. The van der Waals surface area contributed by atoms with E-state index in [0.717, 1.165) is 41.3 Å². The molecule has 2 rings (SSSR count). The maximum absolute atomic E-state index is 6.17. The zero-order chi connectivity index (χ0) is 15.2. The maximum Gasteiger partial charge on any atom is 0.110 e. The van der Waals surface area contributed by atoms with E-state index >= 15 is 0 Å². The van der Waals surface area contributed by atoms with Crippen LogP contribution in [0, 0.1) is 0 Å². The van der Waals surface area contributed by atoms with E-state index in [1.54, 1.807) is 0 Å². The van der Waals surface area contributed by atoms with Crippen LogP contribution in [0.25, 0.3) is 0 Å². The number of rotatable bonds is 7. The van der Waals surface area contributed by atoms with Gasteiger partial charge in [0.1, 0.15) is 5.82 Å². The van der Waals surface area contributed by atoms with Crippen molar-refractivity contribution in [1.82, 2.24) is 14.9 Å². The van der Waals surface area contributed by atoms with Gasteiger partial charge in [-0.25, -0.2) is 4.98 Å². The number of aromatic nitrogens is 2. The second-order valence-electron chi connectivity index (χ2n) is 5.01. The Hall–Kier alpha value is -0.840. The van der Waals surface area contributed by atoms with E-state index in [2.05, 4.69) is 44.6 Å². The highest BCUT2D eigenvalue weighted by Crippen LogP contribution is 2.28. The SMILES string of the molecule is CCCNC(Cc1nccn1CC)c1cc(Cl)ccc1Br. The highest BCUT2D eigenvalue weighted by molar-refractivity contribution is 9.10. The highest BCUT2D eigenvalue weighted by Gasteiger charge is 2.17. The Bertz CT molecular complexity index is 583. The maximum atomic E-state index is 6.17. The van der Waals surface area contributed by atoms with Crippen molar-refractivity contribution in [1.29, 1.82) is 0 Å². The molecule has 1 atom stereocenters. The van der Waals surface area contributed by atoms with Crippen LogP contribution in [0.1, 0.15) is 37.7 Å². The molecule has 0 aliphatic rings. The Morgan fingerprint density at radius 1 is 1.38 bits per heavy atom. The molecule has 1 aromatic heterocycles. The van der Waals surface area contributed by atoms with Crippen LogP contribution in [0.3, 0.4) is 0 Å². The van der Waals surface area contributed by atoms with Gasteiger partial charge in [-0.3, -0.25) is 0 Å². The summed E-state index contributed by atoms with van der Waals surface area (Å²) >= 11 is 9.80. The Labute approximate surface area is 139 Å². The number of hydrogen-bond acceptors (Lipinski definition) is 2. The normalized spacial score (nSPS) is 12.6. The Morgan fingerprint density at radius 2 is 2.19 bits per heavy atom. The number of nitrogens with one attached hydrogen (secondary N) is 1. The van der Waals surface area contributed by atoms with Crippen LogP contribution in [-0.4, -0.2) is 16.1 Å². The minimum atomic E-state index is 0.200. The number of imidazole rings is 1. The zero-order valence-corrected chi connectivity index (χ0v) is 14.8. The van der Waals surface area contributed by atoms with Crippen LogP contribution < -0.4 is 5.32 Å². The fourth-order valence-corrected chi connectivity index (χ4v) is 3.10. The molecule has 0 saturated carbocycles. The van der Waals surface area contributed by atoms with Crippen molar-refractivity contribution < 1.29 is 0 Å². The van der Waals surface area contributed by atoms with Crippen molar-refractivity contribution in [2.45, 2.75) is 39.3 Å². The molecule has 5 heteroatoms. The Kier molecular flexibility index (Phi) is 6.27. The van der Waals surface area contributed by atoms with Gasteiger partial charge >= 0.3 is 0 Å². The summed E-state index contributed by atoms with van der Waals surface area (Å²) in [5, 5.41) is 4.36. The van der Waals surface area contributed by atoms with E-state index in [1.165, 1.54) is 5.56 Å². The van der Waals surface area contributed by atoms with Gasteiger partial charge in [-0.1, -0.05) is 34.5 Å². The molecule has 1 N–H and O–H groups in total. The van der Waals surface area contributed by atoms with Crippen molar-refractivity contribution in [3.8, 4) is 0 Å². The lowest BCUT2D eigenvalue weighted by Gasteiger charge is -2.21. The van der Waals surface area contributed by atoms with Crippen molar-refractivity contribution in [3.05, 3.63) is 51.5 Å². The molecule has 114 valence electrons. The van der Waals surface area contributed by atoms with Crippen molar-refractivity contribution in [3.63, 3.8) is 0 Å². The van der Waals surface area contributed by atoms with E-state index in [-0.39, 0.29) is 6.04 Å². The van der Waals surface area contributed by atoms with Crippen LogP contribution in [0.4, 0.5) is 0 Å². The molecule has 0 bridgehead atoms. The molecule has 0 aliphatic heterocycles. The summed E-state index contributed by atoms with van der Waals surface area (Å²) in [5.74, 6) is 1.10. The van der Waals surface area contributed by atoms with Crippen LogP contribution >= 0.6 is 27.5 Å². The van der Waals surface area contributed by atoms with Gasteiger partial charge in [-0.15, -0.1) is 0 Å². The van der Waals surface area contributed by atoms with Gasteiger partial charge in [-0.05, 0) is 43.7 Å². The molecule has 0 fully saturated rings. The van der Waals surface area contributed by atoms with E-state index in [4.69, 9.17) is 11.6 Å². The van der Waals surface area contributed by atoms with Crippen molar-refractivity contribution in [2.24, 2.45) is 0 Å². The molecular weight excluding hydrogens is 350 g/mol. The third kappa shape index (κ3) is 4.31. The molecule has 0 spiro atoms. The molecule has 0 radical (unpaired) electrons. The van der Waals surface area contributed by atoms with E-state index in [9.17, 15) is 0 Å². The summed E-state index contributed by atoms with van der Waals surface area (Å²) in [7, 11) is 0. The van der Waals surface area contributed by atoms with Crippen LogP contribution in [0.15, 0.2) is 35.1 Å². The van der Waals surface area contributed by atoms with E-state index in [0.29, 0.717) is 0 Å². The van der Waals surface area contributed by atoms with Gasteiger partial charge in [0.25, 0.3) is 0 Å². The fourth-order valence-electron chi connectivity index (χ4n) is 2.39. The molecular formula is C16H21BrClN3. The largest absolute Gasteiger partial charge is 0.335 e.